The maximum absolute atomic E-state index is 10.8. The van der Waals surface area contributed by atoms with Crippen molar-refractivity contribution >= 4 is 8.07 Å². The molecule has 0 aromatic rings. The molecule has 0 fully saturated rings. The van der Waals surface area contributed by atoms with Gasteiger partial charge in [-0.1, -0.05) is 57.6 Å². The van der Waals surface area contributed by atoms with Crippen molar-refractivity contribution < 1.29 is 10.2 Å². The molecule has 0 radical (unpaired) electrons. The van der Waals surface area contributed by atoms with Crippen LogP contribution in [0.5, 0.6) is 0 Å². The summed E-state index contributed by atoms with van der Waals surface area (Å²) in [6, 6.07) is 0. The minimum atomic E-state index is -1.57. The molecule has 0 aliphatic heterocycles. The van der Waals surface area contributed by atoms with Crippen LogP contribution in [0.15, 0.2) is 11.3 Å². The van der Waals surface area contributed by atoms with E-state index in [9.17, 15) is 5.11 Å². The Morgan fingerprint density at radius 2 is 1.56 bits per heavy atom. The second-order valence-corrected chi connectivity index (χ2v) is 10.6. The maximum Gasteiger partial charge on any atom is 0.0822 e. The van der Waals surface area contributed by atoms with E-state index in [0.717, 1.165) is 30.9 Å². The van der Waals surface area contributed by atoms with Crippen LogP contribution in [0.25, 0.3) is 0 Å². The maximum atomic E-state index is 10.8. The molecule has 16 heavy (non-hydrogen) atoms. The molecule has 0 bridgehead atoms. The van der Waals surface area contributed by atoms with Gasteiger partial charge in [-0.3, -0.25) is 0 Å². The molecule has 2 N–H and O–H groups in total. The Hall–Kier alpha value is -0.123. The summed E-state index contributed by atoms with van der Waals surface area (Å²) in [5.74, 6) is 0. The van der Waals surface area contributed by atoms with Gasteiger partial charge in [0.25, 0.3) is 0 Å². The molecule has 96 valence electrons. The lowest BCUT2D eigenvalue weighted by Crippen LogP contribution is -2.43. The minimum Gasteiger partial charge on any atom is -0.392 e. The number of aliphatic hydroxyl groups excluding tert-OH is 1. The monoisotopic (exact) mass is 244 g/mol. The Morgan fingerprint density at radius 3 is 1.81 bits per heavy atom. The molecule has 0 heterocycles. The highest BCUT2D eigenvalue weighted by Gasteiger charge is 2.36. The van der Waals surface area contributed by atoms with Gasteiger partial charge < -0.3 is 10.2 Å². The first-order valence-corrected chi connectivity index (χ1v) is 9.86. The lowest BCUT2D eigenvalue weighted by Gasteiger charge is -2.37. The minimum absolute atomic E-state index is 0.0370. The van der Waals surface area contributed by atoms with Crippen LogP contribution in [0.2, 0.25) is 19.6 Å². The van der Waals surface area contributed by atoms with E-state index in [1.165, 1.54) is 0 Å². The SMILES string of the molecule is CCCC(O)(CCC)/C(=C\CO)[Si](C)(C)C. The fourth-order valence-electron chi connectivity index (χ4n) is 2.51. The summed E-state index contributed by atoms with van der Waals surface area (Å²) in [4.78, 5) is 0. The first kappa shape index (κ1) is 15.9. The third kappa shape index (κ3) is 4.40. The zero-order chi connectivity index (χ0) is 12.8. The van der Waals surface area contributed by atoms with Crippen LogP contribution in [-0.4, -0.2) is 30.5 Å². The Bertz CT molecular complexity index is 223. The molecular formula is C13H28O2Si. The quantitative estimate of drug-likeness (QED) is 0.676. The van der Waals surface area contributed by atoms with Gasteiger partial charge in [0.1, 0.15) is 0 Å². The smallest absolute Gasteiger partial charge is 0.0822 e. The van der Waals surface area contributed by atoms with Crippen LogP contribution in [0.3, 0.4) is 0 Å². The van der Waals surface area contributed by atoms with E-state index in [-0.39, 0.29) is 6.61 Å². The van der Waals surface area contributed by atoms with Crippen molar-refractivity contribution in [2.75, 3.05) is 6.61 Å². The highest BCUT2D eigenvalue weighted by molar-refractivity contribution is 6.83. The molecule has 0 saturated carbocycles. The topological polar surface area (TPSA) is 40.5 Å². The van der Waals surface area contributed by atoms with Crippen molar-refractivity contribution in [2.24, 2.45) is 0 Å². The van der Waals surface area contributed by atoms with Gasteiger partial charge in [0.05, 0.1) is 20.3 Å². The summed E-state index contributed by atoms with van der Waals surface area (Å²) in [6.45, 7) is 10.9. The number of aliphatic hydroxyl groups is 2. The third-order valence-electron chi connectivity index (χ3n) is 2.93. The summed E-state index contributed by atoms with van der Waals surface area (Å²) in [5.41, 5.74) is -0.684. The molecule has 0 saturated heterocycles. The van der Waals surface area contributed by atoms with E-state index in [1.807, 2.05) is 6.08 Å². The fourth-order valence-corrected chi connectivity index (χ4v) is 4.86. The van der Waals surface area contributed by atoms with Crippen LogP contribution in [0, 0.1) is 0 Å². The second-order valence-electron chi connectivity index (χ2n) is 5.58. The molecule has 0 aliphatic carbocycles. The molecule has 0 unspecified atom stereocenters. The summed E-state index contributed by atoms with van der Waals surface area (Å²) in [6.07, 6.45) is 5.40. The Morgan fingerprint density at radius 1 is 1.12 bits per heavy atom. The molecule has 0 aromatic heterocycles. The van der Waals surface area contributed by atoms with Gasteiger partial charge in [-0.05, 0) is 12.8 Å². The van der Waals surface area contributed by atoms with Gasteiger partial charge >= 0.3 is 0 Å². The predicted molar refractivity (Wildman–Crippen MR) is 73.3 cm³/mol. The highest BCUT2D eigenvalue weighted by atomic mass is 28.3. The van der Waals surface area contributed by atoms with Crippen LogP contribution in [0.4, 0.5) is 0 Å². The van der Waals surface area contributed by atoms with Gasteiger partial charge in [-0.25, -0.2) is 0 Å². The Labute approximate surface area is 101 Å². The zero-order valence-corrected chi connectivity index (χ0v) is 12.5. The van der Waals surface area contributed by atoms with Crippen molar-refractivity contribution in [3.63, 3.8) is 0 Å². The number of hydrogen-bond acceptors (Lipinski definition) is 2. The summed E-state index contributed by atoms with van der Waals surface area (Å²) < 4.78 is 0. The lowest BCUT2D eigenvalue weighted by atomic mass is 9.92. The van der Waals surface area contributed by atoms with Gasteiger partial charge in [0, 0.05) is 0 Å². The average molecular weight is 244 g/mol. The molecule has 3 heteroatoms. The van der Waals surface area contributed by atoms with E-state index in [1.54, 1.807) is 0 Å². The Balaban J connectivity index is 5.19. The molecule has 2 nitrogen and oxygen atoms in total. The number of hydrogen-bond donors (Lipinski definition) is 2. The summed E-state index contributed by atoms with van der Waals surface area (Å²) in [7, 11) is -1.57. The zero-order valence-electron chi connectivity index (χ0n) is 11.5. The average Bonchev–Trinajstić information content (AvgIpc) is 2.13. The van der Waals surface area contributed by atoms with Crippen molar-refractivity contribution in [3.05, 3.63) is 11.3 Å². The van der Waals surface area contributed by atoms with Gasteiger partial charge in [-0.2, -0.15) is 0 Å². The molecule has 0 spiro atoms. The third-order valence-corrected chi connectivity index (χ3v) is 5.22. The Kier molecular flexibility index (Phi) is 6.52. The molecule has 0 aliphatic rings. The van der Waals surface area contributed by atoms with Crippen molar-refractivity contribution in [3.8, 4) is 0 Å². The first-order valence-electron chi connectivity index (χ1n) is 6.36. The fraction of sp³-hybridized carbons (Fsp3) is 0.846. The largest absolute Gasteiger partial charge is 0.392 e. The van der Waals surface area contributed by atoms with Crippen LogP contribution < -0.4 is 0 Å². The lowest BCUT2D eigenvalue weighted by molar-refractivity contribution is 0.0637. The second kappa shape index (κ2) is 6.57. The normalized spacial score (nSPS) is 14.3. The van der Waals surface area contributed by atoms with Gasteiger partial charge in [0.15, 0.2) is 0 Å². The predicted octanol–water partition coefficient (Wildman–Crippen LogP) is 3.11. The van der Waals surface area contributed by atoms with E-state index >= 15 is 0 Å². The summed E-state index contributed by atoms with van der Waals surface area (Å²) >= 11 is 0. The molecule has 0 aromatic carbocycles. The van der Waals surface area contributed by atoms with E-state index in [2.05, 4.69) is 33.5 Å². The molecular weight excluding hydrogens is 216 g/mol. The highest BCUT2D eigenvalue weighted by Crippen LogP contribution is 2.34. The van der Waals surface area contributed by atoms with Crippen molar-refractivity contribution in [1.29, 1.82) is 0 Å². The summed E-state index contributed by atoms with van der Waals surface area (Å²) in [5, 5.41) is 21.0. The molecule has 0 rings (SSSR count). The standard InChI is InChI=1S/C13H28O2Si/c1-6-9-13(15,10-7-2)12(8-11-14)16(3,4)5/h8,14-15H,6-7,9-11H2,1-5H3/b12-8+. The van der Waals surface area contributed by atoms with E-state index < -0.39 is 13.7 Å². The van der Waals surface area contributed by atoms with Crippen LogP contribution in [-0.2, 0) is 0 Å². The molecule has 0 atom stereocenters. The number of rotatable bonds is 7. The van der Waals surface area contributed by atoms with Gasteiger partial charge in [0.2, 0.25) is 0 Å². The first-order chi connectivity index (χ1) is 7.31. The van der Waals surface area contributed by atoms with Crippen molar-refractivity contribution in [2.45, 2.75) is 64.8 Å². The van der Waals surface area contributed by atoms with E-state index in [4.69, 9.17) is 5.11 Å². The van der Waals surface area contributed by atoms with Gasteiger partial charge in [-0.15, -0.1) is 0 Å². The van der Waals surface area contributed by atoms with Crippen molar-refractivity contribution in [1.82, 2.24) is 0 Å². The molecule has 0 amide bonds. The van der Waals surface area contributed by atoms with Crippen LogP contribution in [0.1, 0.15) is 39.5 Å². The van der Waals surface area contributed by atoms with E-state index in [0.29, 0.717) is 0 Å². The van der Waals surface area contributed by atoms with Crippen LogP contribution >= 0.6 is 0 Å².